The van der Waals surface area contributed by atoms with Gasteiger partial charge in [-0.3, -0.25) is 4.21 Å². The molecule has 0 aliphatic carbocycles. The van der Waals surface area contributed by atoms with Crippen molar-refractivity contribution in [2.75, 3.05) is 35.9 Å². The van der Waals surface area contributed by atoms with Crippen LogP contribution in [-0.4, -0.2) is 42.7 Å². The van der Waals surface area contributed by atoms with Gasteiger partial charge in [0, 0.05) is 34.2 Å². The molecule has 0 bridgehead atoms. The van der Waals surface area contributed by atoms with E-state index in [1.165, 1.54) is 0 Å². The van der Waals surface area contributed by atoms with Crippen LogP contribution in [0.15, 0.2) is 24.3 Å². The minimum Gasteiger partial charge on any atom is -0.494 e. The Balaban J connectivity index is 2.17. The molecule has 0 amide bonds. The van der Waals surface area contributed by atoms with Crippen molar-refractivity contribution in [2.24, 2.45) is 0 Å². The minimum absolute atomic E-state index is 0.0293. The largest absolute Gasteiger partial charge is 0.494 e. The fourth-order valence-corrected chi connectivity index (χ4v) is 3.92. The van der Waals surface area contributed by atoms with E-state index in [4.69, 9.17) is 10.5 Å². The van der Waals surface area contributed by atoms with E-state index in [0.29, 0.717) is 24.5 Å². The van der Waals surface area contributed by atoms with Crippen LogP contribution in [0.3, 0.4) is 0 Å². The molecule has 2 N–H and O–H groups in total. The van der Waals surface area contributed by atoms with Crippen LogP contribution >= 0.6 is 0 Å². The highest BCUT2D eigenvalue weighted by atomic mass is 32.2. The van der Waals surface area contributed by atoms with E-state index in [2.05, 4.69) is 0 Å². The fraction of sp³-hybridized carbons (Fsp3) is 0.500. The second kappa shape index (κ2) is 7.49. The second-order valence-electron chi connectivity index (χ2n) is 4.25. The summed E-state index contributed by atoms with van der Waals surface area (Å²) >= 11 is 0. The molecule has 1 aromatic rings. The van der Waals surface area contributed by atoms with Crippen LogP contribution in [0.1, 0.15) is 6.42 Å². The van der Waals surface area contributed by atoms with Crippen molar-refractivity contribution in [3.8, 4) is 5.75 Å². The molecule has 1 unspecified atom stereocenters. The van der Waals surface area contributed by atoms with E-state index < -0.39 is 20.6 Å². The lowest BCUT2D eigenvalue weighted by atomic mass is 10.3. The summed E-state index contributed by atoms with van der Waals surface area (Å²) in [6.07, 6.45) is 1.77. The van der Waals surface area contributed by atoms with Crippen LogP contribution in [-0.2, 0) is 20.6 Å². The maximum absolute atomic E-state index is 11.5. The summed E-state index contributed by atoms with van der Waals surface area (Å²) in [5.41, 5.74) is 6.22. The summed E-state index contributed by atoms with van der Waals surface area (Å²) in [6.45, 7) is 0.453. The first-order valence-corrected chi connectivity index (χ1v) is 9.43. The Labute approximate surface area is 116 Å². The molecular weight excluding hydrogens is 286 g/mol. The SMILES string of the molecule is CS(=O)(=O)CCS(=O)CCCOc1ccc(N)cc1. The average molecular weight is 305 g/mol. The molecule has 7 heteroatoms. The van der Waals surface area contributed by atoms with E-state index in [9.17, 15) is 12.6 Å². The minimum atomic E-state index is -3.03. The quantitative estimate of drug-likeness (QED) is 0.568. The molecule has 108 valence electrons. The molecule has 0 fully saturated rings. The first-order chi connectivity index (χ1) is 8.87. The summed E-state index contributed by atoms with van der Waals surface area (Å²) in [7, 11) is -4.14. The summed E-state index contributed by atoms with van der Waals surface area (Å²) in [6, 6.07) is 7.05. The zero-order valence-corrected chi connectivity index (χ0v) is 12.5. The lowest BCUT2D eigenvalue weighted by Gasteiger charge is -2.06. The van der Waals surface area contributed by atoms with Gasteiger partial charge < -0.3 is 10.5 Å². The molecule has 19 heavy (non-hydrogen) atoms. The van der Waals surface area contributed by atoms with Crippen molar-refractivity contribution in [3.63, 3.8) is 0 Å². The Bertz CT molecular complexity index is 511. The first kappa shape index (κ1) is 16.0. The van der Waals surface area contributed by atoms with Crippen molar-refractivity contribution in [1.82, 2.24) is 0 Å². The molecule has 1 atom stereocenters. The van der Waals surface area contributed by atoms with E-state index in [1.807, 2.05) is 0 Å². The zero-order chi connectivity index (χ0) is 14.3. The van der Waals surface area contributed by atoms with Crippen LogP contribution in [0.25, 0.3) is 0 Å². The van der Waals surface area contributed by atoms with Crippen LogP contribution in [0.2, 0.25) is 0 Å². The molecule has 1 rings (SSSR count). The number of nitrogens with two attached hydrogens (primary N) is 1. The van der Waals surface area contributed by atoms with Gasteiger partial charge in [0.25, 0.3) is 0 Å². The second-order valence-corrected chi connectivity index (χ2v) is 8.20. The standard InChI is InChI=1S/C12H19NO4S2/c1-19(15,16)10-9-18(14)8-2-7-17-12-5-3-11(13)4-6-12/h3-6H,2,7-10,13H2,1H3. The monoisotopic (exact) mass is 305 g/mol. The number of nitrogen functional groups attached to an aromatic ring is 1. The van der Waals surface area contributed by atoms with Crippen molar-refractivity contribution in [1.29, 1.82) is 0 Å². The molecule has 1 aromatic carbocycles. The molecule has 0 aliphatic rings. The number of ether oxygens (including phenoxy) is 1. The summed E-state index contributed by atoms with van der Waals surface area (Å²) in [5, 5.41) is 0. The highest BCUT2D eigenvalue weighted by Crippen LogP contribution is 2.13. The molecule has 0 aromatic heterocycles. The van der Waals surface area contributed by atoms with Gasteiger partial charge in [-0.05, 0) is 30.7 Å². The predicted molar refractivity (Wildman–Crippen MR) is 78.6 cm³/mol. The Hall–Kier alpha value is -1.08. The third-order valence-electron chi connectivity index (χ3n) is 2.35. The zero-order valence-electron chi connectivity index (χ0n) is 10.9. The predicted octanol–water partition coefficient (Wildman–Crippen LogP) is 0.831. The Morgan fingerprint density at radius 2 is 1.84 bits per heavy atom. The number of hydrogen-bond acceptors (Lipinski definition) is 5. The topological polar surface area (TPSA) is 86.5 Å². The fourth-order valence-electron chi connectivity index (χ4n) is 1.32. The highest BCUT2D eigenvalue weighted by Gasteiger charge is 2.06. The summed E-state index contributed by atoms with van der Waals surface area (Å²) in [5.74, 6) is 1.33. The van der Waals surface area contributed by atoms with Crippen molar-refractivity contribution < 1.29 is 17.4 Å². The average Bonchev–Trinajstić information content (AvgIpc) is 2.33. The van der Waals surface area contributed by atoms with Gasteiger partial charge in [-0.2, -0.15) is 0 Å². The van der Waals surface area contributed by atoms with Crippen molar-refractivity contribution in [2.45, 2.75) is 6.42 Å². The Morgan fingerprint density at radius 1 is 1.21 bits per heavy atom. The molecule has 0 spiro atoms. The first-order valence-electron chi connectivity index (χ1n) is 5.88. The smallest absolute Gasteiger partial charge is 0.148 e. The maximum atomic E-state index is 11.5. The molecule has 0 radical (unpaired) electrons. The molecule has 0 aliphatic heterocycles. The lowest BCUT2D eigenvalue weighted by molar-refractivity contribution is 0.318. The van der Waals surface area contributed by atoms with Gasteiger partial charge in [-0.1, -0.05) is 0 Å². The van der Waals surface area contributed by atoms with Gasteiger partial charge in [0.2, 0.25) is 0 Å². The Morgan fingerprint density at radius 3 is 2.42 bits per heavy atom. The van der Waals surface area contributed by atoms with Gasteiger partial charge in [0.15, 0.2) is 0 Å². The molecular formula is C12H19NO4S2. The van der Waals surface area contributed by atoms with E-state index in [-0.39, 0.29) is 11.5 Å². The number of anilines is 1. The third-order valence-corrected chi connectivity index (χ3v) is 4.95. The van der Waals surface area contributed by atoms with Crippen LogP contribution in [0, 0.1) is 0 Å². The summed E-state index contributed by atoms with van der Waals surface area (Å²) < 4.78 is 38.8. The van der Waals surface area contributed by atoms with Crippen LogP contribution in [0.4, 0.5) is 5.69 Å². The Kier molecular flexibility index (Phi) is 6.30. The van der Waals surface area contributed by atoms with E-state index in [0.717, 1.165) is 12.0 Å². The van der Waals surface area contributed by atoms with Gasteiger partial charge in [-0.25, -0.2) is 8.42 Å². The summed E-state index contributed by atoms with van der Waals surface area (Å²) in [4.78, 5) is 0. The number of rotatable bonds is 8. The third kappa shape index (κ3) is 7.84. The molecule has 0 heterocycles. The van der Waals surface area contributed by atoms with Gasteiger partial charge in [0.1, 0.15) is 15.6 Å². The number of hydrogen-bond donors (Lipinski definition) is 1. The molecule has 0 saturated heterocycles. The van der Waals surface area contributed by atoms with Gasteiger partial charge in [-0.15, -0.1) is 0 Å². The van der Waals surface area contributed by atoms with Gasteiger partial charge in [0.05, 0.1) is 12.4 Å². The lowest BCUT2D eigenvalue weighted by Crippen LogP contribution is -2.14. The highest BCUT2D eigenvalue weighted by molar-refractivity contribution is 7.92. The van der Waals surface area contributed by atoms with Crippen LogP contribution in [0.5, 0.6) is 5.75 Å². The number of benzene rings is 1. The molecule has 5 nitrogen and oxygen atoms in total. The van der Waals surface area contributed by atoms with E-state index >= 15 is 0 Å². The van der Waals surface area contributed by atoms with Crippen LogP contribution < -0.4 is 10.5 Å². The van der Waals surface area contributed by atoms with Crippen molar-refractivity contribution in [3.05, 3.63) is 24.3 Å². The van der Waals surface area contributed by atoms with Crippen molar-refractivity contribution >= 4 is 26.3 Å². The molecule has 0 saturated carbocycles. The van der Waals surface area contributed by atoms with E-state index in [1.54, 1.807) is 24.3 Å². The number of sulfone groups is 1. The maximum Gasteiger partial charge on any atom is 0.148 e. The normalized spacial score (nSPS) is 13.1. The van der Waals surface area contributed by atoms with Gasteiger partial charge >= 0.3 is 0 Å².